The van der Waals surface area contributed by atoms with Crippen LogP contribution in [0.25, 0.3) is 10.9 Å². The molecule has 3 aromatic rings. The molecule has 9 nitrogen and oxygen atoms in total. The number of carbonyl (C=O) groups is 3. The van der Waals surface area contributed by atoms with E-state index in [0.29, 0.717) is 22.2 Å². The molecule has 2 fully saturated rings. The summed E-state index contributed by atoms with van der Waals surface area (Å²) < 4.78 is 7.34. The van der Waals surface area contributed by atoms with Gasteiger partial charge in [0.2, 0.25) is 5.91 Å². The maximum atomic E-state index is 13.2. The predicted octanol–water partition coefficient (Wildman–Crippen LogP) is 1.70. The second kappa shape index (κ2) is 6.50. The molecular formula is C24H20N4O5. The molecule has 2 aromatic carbocycles. The molecule has 3 aliphatic heterocycles. The summed E-state index contributed by atoms with van der Waals surface area (Å²) in [6, 6.07) is 12.5. The number of rotatable bonds is 1. The molecule has 6 rings (SSSR count). The highest BCUT2D eigenvalue weighted by Gasteiger charge is 2.67. The Morgan fingerprint density at radius 3 is 2.61 bits per heavy atom. The Morgan fingerprint density at radius 2 is 1.82 bits per heavy atom. The van der Waals surface area contributed by atoms with Gasteiger partial charge in [0.25, 0.3) is 11.5 Å². The van der Waals surface area contributed by atoms with Crippen molar-refractivity contribution in [3.63, 3.8) is 0 Å². The molecule has 0 bridgehead atoms. The van der Waals surface area contributed by atoms with Crippen LogP contribution in [0.15, 0.2) is 59.7 Å². The van der Waals surface area contributed by atoms with Crippen molar-refractivity contribution < 1.29 is 19.1 Å². The Morgan fingerprint density at radius 1 is 1.09 bits per heavy atom. The van der Waals surface area contributed by atoms with Crippen LogP contribution >= 0.6 is 0 Å². The number of benzene rings is 2. The van der Waals surface area contributed by atoms with Crippen LogP contribution in [0.5, 0.6) is 0 Å². The van der Waals surface area contributed by atoms with Crippen LogP contribution in [0.4, 0.5) is 5.69 Å². The van der Waals surface area contributed by atoms with Crippen molar-refractivity contribution in [2.24, 2.45) is 0 Å². The van der Waals surface area contributed by atoms with Crippen LogP contribution in [-0.4, -0.2) is 44.4 Å². The van der Waals surface area contributed by atoms with Crippen molar-refractivity contribution in [1.82, 2.24) is 14.5 Å². The first-order valence-electron chi connectivity index (χ1n) is 10.8. The van der Waals surface area contributed by atoms with Crippen molar-refractivity contribution >= 4 is 34.4 Å². The van der Waals surface area contributed by atoms with Gasteiger partial charge in [-0.2, -0.15) is 0 Å². The molecule has 2 amide bonds. The zero-order valence-electron chi connectivity index (χ0n) is 18.0. The summed E-state index contributed by atoms with van der Waals surface area (Å²) in [6.45, 7) is 3.07. The first-order chi connectivity index (χ1) is 15.8. The average Bonchev–Trinajstić information content (AvgIpc) is 3.38. The number of aromatic nitrogens is 2. The van der Waals surface area contributed by atoms with Crippen molar-refractivity contribution in [3.8, 4) is 0 Å². The summed E-state index contributed by atoms with van der Waals surface area (Å²) in [5.74, 6) is -1.12. The molecular weight excluding hydrogens is 424 g/mol. The van der Waals surface area contributed by atoms with Crippen LogP contribution in [0.1, 0.15) is 31.9 Å². The fraction of sp³-hybridized carbons (Fsp3) is 0.292. The van der Waals surface area contributed by atoms with E-state index >= 15 is 0 Å². The van der Waals surface area contributed by atoms with E-state index in [-0.39, 0.29) is 23.8 Å². The van der Waals surface area contributed by atoms with Crippen LogP contribution in [0.2, 0.25) is 0 Å². The van der Waals surface area contributed by atoms with Crippen molar-refractivity contribution in [2.75, 3.05) is 4.90 Å². The smallest absolute Gasteiger partial charge is 0.330 e. The van der Waals surface area contributed by atoms with Crippen molar-refractivity contribution in [1.29, 1.82) is 0 Å². The van der Waals surface area contributed by atoms with E-state index in [0.717, 1.165) is 0 Å². The number of hydrogen-bond acceptors (Lipinski definition) is 6. The predicted molar refractivity (Wildman–Crippen MR) is 117 cm³/mol. The van der Waals surface area contributed by atoms with Crippen molar-refractivity contribution in [3.05, 3.63) is 70.8 Å². The van der Waals surface area contributed by atoms with Gasteiger partial charge >= 0.3 is 5.97 Å². The Labute approximate surface area is 188 Å². The third kappa shape index (κ3) is 2.39. The average molecular weight is 444 g/mol. The summed E-state index contributed by atoms with van der Waals surface area (Å²) in [6.07, 6.45) is 0.639. The number of hydrogen-bond donors (Lipinski definition) is 0. The topological polar surface area (TPSA) is 102 Å². The second-order valence-electron chi connectivity index (χ2n) is 8.71. The Balaban J connectivity index is 1.53. The van der Waals surface area contributed by atoms with E-state index in [1.54, 1.807) is 60.4 Å². The first kappa shape index (κ1) is 19.7. The lowest BCUT2D eigenvalue weighted by Gasteiger charge is -2.36. The van der Waals surface area contributed by atoms with E-state index in [4.69, 9.17) is 4.74 Å². The Hall–Kier alpha value is -4.01. The van der Waals surface area contributed by atoms with Gasteiger partial charge in [0.05, 0.1) is 22.9 Å². The zero-order valence-corrected chi connectivity index (χ0v) is 18.0. The number of nitrogens with zero attached hydrogens (tertiary/aromatic N) is 4. The molecule has 0 N–H and O–H groups in total. The molecule has 9 heteroatoms. The van der Waals surface area contributed by atoms with Gasteiger partial charge in [-0.15, -0.1) is 0 Å². The van der Waals surface area contributed by atoms with E-state index < -0.39 is 29.8 Å². The summed E-state index contributed by atoms with van der Waals surface area (Å²) >= 11 is 0. The van der Waals surface area contributed by atoms with Crippen LogP contribution in [0.3, 0.4) is 0 Å². The van der Waals surface area contributed by atoms with Crippen molar-refractivity contribution in [2.45, 2.75) is 44.1 Å². The molecule has 1 spiro atoms. The quantitative estimate of drug-likeness (QED) is 0.530. The minimum absolute atomic E-state index is 0.0910. The Kier molecular flexibility index (Phi) is 3.87. The number of ether oxygens (including phenoxy) is 1. The minimum atomic E-state index is -1.28. The summed E-state index contributed by atoms with van der Waals surface area (Å²) in [5.41, 5.74) is 0.173. The maximum Gasteiger partial charge on any atom is 0.330 e. The van der Waals surface area contributed by atoms with Gasteiger partial charge in [-0.25, -0.2) is 9.78 Å². The number of para-hydroxylation sites is 2. The van der Waals surface area contributed by atoms with Gasteiger partial charge in [0, 0.05) is 18.9 Å². The number of fused-ring (bicyclic) bond motifs is 6. The third-order valence-electron chi connectivity index (χ3n) is 7.00. The number of anilines is 1. The van der Waals surface area contributed by atoms with Gasteiger partial charge in [0.15, 0.2) is 11.8 Å². The monoisotopic (exact) mass is 444 g/mol. The largest absolute Gasteiger partial charge is 0.448 e. The maximum absolute atomic E-state index is 13.2. The fourth-order valence-corrected chi connectivity index (χ4v) is 5.59. The molecule has 4 unspecified atom stereocenters. The molecule has 4 atom stereocenters. The first-order valence-corrected chi connectivity index (χ1v) is 10.8. The highest BCUT2D eigenvalue weighted by Crippen LogP contribution is 2.57. The number of esters is 1. The standard InChI is InChI=1S/C24H20N4O5/c1-13-20(30)28-18-10-6-4-8-16(18)24(23(28)27(13)14(2)29)11-19(22(32)33-24)26-12-25-17-9-5-3-7-15(17)21(26)31/h3-10,12-13,19,23H,11H2,1-2H3. The van der Waals surface area contributed by atoms with E-state index in [1.807, 2.05) is 0 Å². The van der Waals surface area contributed by atoms with Crippen LogP contribution in [0, 0.1) is 0 Å². The zero-order chi connectivity index (χ0) is 23.1. The van der Waals surface area contributed by atoms with E-state index in [2.05, 4.69) is 4.98 Å². The lowest BCUT2D eigenvalue weighted by molar-refractivity contribution is -0.159. The van der Waals surface area contributed by atoms with E-state index in [9.17, 15) is 19.2 Å². The van der Waals surface area contributed by atoms with Crippen LogP contribution < -0.4 is 10.5 Å². The highest BCUT2D eigenvalue weighted by atomic mass is 16.6. The Bertz CT molecular complexity index is 1430. The normalized spacial score (nSPS) is 27.9. The minimum Gasteiger partial charge on any atom is -0.448 e. The summed E-state index contributed by atoms with van der Waals surface area (Å²) in [4.78, 5) is 59.6. The molecule has 0 saturated carbocycles. The van der Waals surface area contributed by atoms with Gasteiger partial charge < -0.3 is 9.64 Å². The molecule has 4 heterocycles. The molecule has 2 saturated heterocycles. The van der Waals surface area contributed by atoms with Gasteiger partial charge in [0.1, 0.15) is 12.1 Å². The molecule has 0 aliphatic carbocycles. The summed E-state index contributed by atoms with van der Waals surface area (Å²) in [7, 11) is 0. The van der Waals surface area contributed by atoms with E-state index in [1.165, 1.54) is 22.7 Å². The summed E-state index contributed by atoms with van der Waals surface area (Å²) in [5, 5.41) is 0.400. The molecule has 0 radical (unpaired) electrons. The second-order valence-corrected chi connectivity index (χ2v) is 8.71. The SMILES string of the molecule is CC(=O)N1C(C)C(=O)N2c3ccccc3C3(CC(n4cnc5ccccc5c4=O)C(=O)O3)C21. The molecule has 166 valence electrons. The van der Waals surface area contributed by atoms with Gasteiger partial charge in [-0.1, -0.05) is 30.3 Å². The van der Waals surface area contributed by atoms with Gasteiger partial charge in [-0.05, 0) is 25.1 Å². The molecule has 3 aliphatic rings. The highest BCUT2D eigenvalue weighted by molar-refractivity contribution is 6.05. The molecule has 1 aromatic heterocycles. The number of carbonyl (C=O) groups excluding carboxylic acids is 3. The lowest BCUT2D eigenvalue weighted by Crippen LogP contribution is -2.52. The molecule has 33 heavy (non-hydrogen) atoms. The third-order valence-corrected chi connectivity index (χ3v) is 7.00. The number of amides is 2. The fourth-order valence-electron chi connectivity index (χ4n) is 5.59. The lowest BCUT2D eigenvalue weighted by atomic mass is 9.88. The van der Waals surface area contributed by atoms with Crippen LogP contribution in [-0.2, 0) is 24.7 Å². The van der Waals surface area contributed by atoms with Gasteiger partial charge in [-0.3, -0.25) is 23.9 Å².